The molecule has 0 unspecified atom stereocenters. The average molecular weight is 243 g/mol. The lowest BCUT2D eigenvalue weighted by Crippen LogP contribution is -2.05. The molecule has 0 aliphatic rings. The fourth-order valence-electron chi connectivity index (χ4n) is 1.75. The molecule has 0 aliphatic carbocycles. The summed E-state index contributed by atoms with van der Waals surface area (Å²) in [6.45, 7) is 3.88. The van der Waals surface area contributed by atoms with Gasteiger partial charge in [-0.15, -0.1) is 0 Å². The number of anilines is 1. The normalized spacial score (nSPS) is 10.4. The van der Waals surface area contributed by atoms with E-state index in [4.69, 9.17) is 10.5 Å². The first-order chi connectivity index (χ1) is 8.60. The van der Waals surface area contributed by atoms with Crippen molar-refractivity contribution in [3.8, 4) is 5.75 Å². The SMILES string of the molecule is COc1cccc(Cc2nc(C)c(C)c(N)n2)c1. The molecule has 94 valence electrons. The van der Waals surface area contributed by atoms with Gasteiger partial charge in [0.05, 0.1) is 7.11 Å². The highest BCUT2D eigenvalue weighted by Gasteiger charge is 2.06. The number of benzene rings is 1. The van der Waals surface area contributed by atoms with Crippen LogP contribution >= 0.6 is 0 Å². The van der Waals surface area contributed by atoms with Crippen molar-refractivity contribution in [3.63, 3.8) is 0 Å². The summed E-state index contributed by atoms with van der Waals surface area (Å²) in [5.41, 5.74) is 8.84. The van der Waals surface area contributed by atoms with E-state index in [1.807, 2.05) is 38.1 Å². The smallest absolute Gasteiger partial charge is 0.135 e. The molecule has 18 heavy (non-hydrogen) atoms. The van der Waals surface area contributed by atoms with E-state index >= 15 is 0 Å². The van der Waals surface area contributed by atoms with Crippen molar-refractivity contribution >= 4 is 5.82 Å². The summed E-state index contributed by atoms with van der Waals surface area (Å²) >= 11 is 0. The molecule has 2 N–H and O–H groups in total. The number of nitrogen functional groups attached to an aromatic ring is 1. The minimum atomic E-state index is 0.556. The molecule has 0 radical (unpaired) electrons. The highest BCUT2D eigenvalue weighted by Crippen LogP contribution is 2.17. The molecule has 0 atom stereocenters. The molecule has 1 heterocycles. The Bertz CT molecular complexity index is 544. The van der Waals surface area contributed by atoms with Crippen LogP contribution in [0.3, 0.4) is 0 Å². The van der Waals surface area contributed by atoms with Crippen LogP contribution in [-0.4, -0.2) is 17.1 Å². The first kappa shape index (κ1) is 12.4. The lowest BCUT2D eigenvalue weighted by molar-refractivity contribution is 0.414. The van der Waals surface area contributed by atoms with Gasteiger partial charge in [0.2, 0.25) is 0 Å². The number of nitrogens with two attached hydrogens (primary N) is 1. The Kier molecular flexibility index (Phi) is 3.46. The molecule has 1 aromatic heterocycles. The number of nitrogens with zero attached hydrogens (tertiary/aromatic N) is 2. The Morgan fingerprint density at radius 1 is 1.22 bits per heavy atom. The predicted molar refractivity (Wildman–Crippen MR) is 71.7 cm³/mol. The minimum absolute atomic E-state index is 0.556. The monoisotopic (exact) mass is 243 g/mol. The van der Waals surface area contributed by atoms with E-state index < -0.39 is 0 Å². The van der Waals surface area contributed by atoms with Crippen LogP contribution in [0.4, 0.5) is 5.82 Å². The fraction of sp³-hybridized carbons (Fsp3) is 0.286. The second-order valence-electron chi connectivity index (χ2n) is 4.26. The van der Waals surface area contributed by atoms with Gasteiger partial charge in [0.25, 0.3) is 0 Å². The maximum atomic E-state index is 5.86. The molecule has 0 spiro atoms. The Labute approximate surface area is 107 Å². The predicted octanol–water partition coefficient (Wildman–Crippen LogP) is 2.28. The molecule has 0 saturated heterocycles. The summed E-state index contributed by atoms with van der Waals surface area (Å²) < 4.78 is 5.19. The van der Waals surface area contributed by atoms with Gasteiger partial charge in [0, 0.05) is 17.7 Å². The Morgan fingerprint density at radius 3 is 2.67 bits per heavy atom. The zero-order valence-corrected chi connectivity index (χ0v) is 10.9. The quantitative estimate of drug-likeness (QED) is 0.898. The zero-order valence-electron chi connectivity index (χ0n) is 10.9. The third-order valence-electron chi connectivity index (χ3n) is 2.97. The molecule has 2 aromatic rings. The number of ether oxygens (including phenoxy) is 1. The largest absolute Gasteiger partial charge is 0.497 e. The van der Waals surface area contributed by atoms with Crippen molar-refractivity contribution in [1.29, 1.82) is 0 Å². The van der Waals surface area contributed by atoms with Gasteiger partial charge in [-0.05, 0) is 31.5 Å². The standard InChI is InChI=1S/C14H17N3O/c1-9-10(2)16-13(17-14(9)15)8-11-5-4-6-12(7-11)18-3/h4-7H,8H2,1-3H3,(H2,15,16,17). The lowest BCUT2D eigenvalue weighted by Gasteiger charge is -2.07. The van der Waals surface area contributed by atoms with Crippen molar-refractivity contribution in [2.75, 3.05) is 12.8 Å². The lowest BCUT2D eigenvalue weighted by atomic mass is 10.1. The molecule has 0 aliphatic heterocycles. The second-order valence-corrected chi connectivity index (χ2v) is 4.26. The van der Waals surface area contributed by atoms with Crippen LogP contribution < -0.4 is 10.5 Å². The van der Waals surface area contributed by atoms with Crippen molar-refractivity contribution in [2.24, 2.45) is 0 Å². The van der Waals surface area contributed by atoms with Crippen LogP contribution in [0.2, 0.25) is 0 Å². The molecule has 1 aromatic carbocycles. The zero-order chi connectivity index (χ0) is 13.1. The van der Waals surface area contributed by atoms with Gasteiger partial charge < -0.3 is 10.5 Å². The number of hydrogen-bond acceptors (Lipinski definition) is 4. The van der Waals surface area contributed by atoms with Crippen LogP contribution in [0.5, 0.6) is 5.75 Å². The van der Waals surface area contributed by atoms with Crippen molar-refractivity contribution in [1.82, 2.24) is 9.97 Å². The van der Waals surface area contributed by atoms with Crippen LogP contribution in [0, 0.1) is 13.8 Å². The summed E-state index contributed by atoms with van der Waals surface area (Å²) in [7, 11) is 1.66. The Morgan fingerprint density at radius 2 is 2.00 bits per heavy atom. The van der Waals surface area contributed by atoms with Crippen molar-refractivity contribution < 1.29 is 4.74 Å². The summed E-state index contributed by atoms with van der Waals surface area (Å²) in [4.78, 5) is 8.76. The first-order valence-electron chi connectivity index (χ1n) is 5.82. The van der Waals surface area contributed by atoms with Crippen LogP contribution in [0.25, 0.3) is 0 Å². The van der Waals surface area contributed by atoms with Gasteiger partial charge in [0.15, 0.2) is 0 Å². The molecule has 2 rings (SSSR count). The molecule has 0 bridgehead atoms. The van der Waals surface area contributed by atoms with Crippen molar-refractivity contribution in [3.05, 3.63) is 46.9 Å². The molecule has 4 heteroatoms. The topological polar surface area (TPSA) is 61.0 Å². The summed E-state index contributed by atoms with van der Waals surface area (Å²) in [6, 6.07) is 7.88. The number of methoxy groups -OCH3 is 1. The van der Waals surface area contributed by atoms with E-state index in [1.54, 1.807) is 7.11 Å². The van der Waals surface area contributed by atoms with Gasteiger partial charge >= 0.3 is 0 Å². The fourth-order valence-corrected chi connectivity index (χ4v) is 1.75. The average Bonchev–Trinajstić information content (AvgIpc) is 2.36. The van der Waals surface area contributed by atoms with E-state index in [2.05, 4.69) is 9.97 Å². The highest BCUT2D eigenvalue weighted by atomic mass is 16.5. The van der Waals surface area contributed by atoms with Crippen LogP contribution in [0.15, 0.2) is 24.3 Å². The van der Waals surface area contributed by atoms with Crippen LogP contribution in [-0.2, 0) is 6.42 Å². The molecular formula is C14H17N3O. The molecule has 0 saturated carbocycles. The molecule has 0 amide bonds. The number of rotatable bonds is 3. The first-order valence-corrected chi connectivity index (χ1v) is 5.82. The van der Waals surface area contributed by atoms with E-state index in [0.29, 0.717) is 12.2 Å². The highest BCUT2D eigenvalue weighted by molar-refractivity contribution is 5.41. The van der Waals surface area contributed by atoms with Gasteiger partial charge in [-0.2, -0.15) is 0 Å². The van der Waals surface area contributed by atoms with Crippen LogP contribution in [0.1, 0.15) is 22.6 Å². The Hall–Kier alpha value is -2.10. The van der Waals surface area contributed by atoms with Gasteiger partial charge in [-0.3, -0.25) is 0 Å². The van der Waals surface area contributed by atoms with E-state index in [-0.39, 0.29) is 0 Å². The number of aromatic nitrogens is 2. The molecule has 4 nitrogen and oxygen atoms in total. The maximum absolute atomic E-state index is 5.86. The van der Waals surface area contributed by atoms with E-state index in [0.717, 1.165) is 28.4 Å². The maximum Gasteiger partial charge on any atom is 0.135 e. The second kappa shape index (κ2) is 5.04. The Balaban J connectivity index is 2.28. The van der Waals surface area contributed by atoms with Gasteiger partial charge in [0.1, 0.15) is 17.4 Å². The van der Waals surface area contributed by atoms with Gasteiger partial charge in [-0.25, -0.2) is 9.97 Å². The van der Waals surface area contributed by atoms with E-state index in [1.165, 1.54) is 0 Å². The minimum Gasteiger partial charge on any atom is -0.497 e. The summed E-state index contributed by atoms with van der Waals surface area (Å²) in [6.07, 6.45) is 0.655. The third kappa shape index (κ3) is 2.59. The molecular weight excluding hydrogens is 226 g/mol. The van der Waals surface area contributed by atoms with Crippen molar-refractivity contribution in [2.45, 2.75) is 20.3 Å². The summed E-state index contributed by atoms with van der Waals surface area (Å²) in [5, 5.41) is 0. The summed E-state index contributed by atoms with van der Waals surface area (Å²) in [5.74, 6) is 2.13. The third-order valence-corrected chi connectivity index (χ3v) is 2.97. The van der Waals surface area contributed by atoms with Gasteiger partial charge in [-0.1, -0.05) is 12.1 Å². The van der Waals surface area contributed by atoms with E-state index in [9.17, 15) is 0 Å². The number of aryl methyl sites for hydroxylation is 1. The molecule has 0 fully saturated rings. The number of hydrogen-bond donors (Lipinski definition) is 1.